The Morgan fingerprint density at radius 2 is 1.91 bits per heavy atom. The van der Waals surface area contributed by atoms with Crippen LogP contribution in [0, 0.1) is 4.77 Å². The highest BCUT2D eigenvalue weighted by Gasteiger charge is 2.08. The van der Waals surface area contributed by atoms with Crippen LogP contribution in [0.15, 0.2) is 47.6 Å². The van der Waals surface area contributed by atoms with Crippen molar-refractivity contribution in [2.24, 2.45) is 5.10 Å². The highest BCUT2D eigenvalue weighted by Crippen LogP contribution is 2.23. The van der Waals surface area contributed by atoms with Gasteiger partial charge in [0.1, 0.15) is 0 Å². The molecule has 116 valence electrons. The molecule has 23 heavy (non-hydrogen) atoms. The van der Waals surface area contributed by atoms with E-state index in [-0.39, 0.29) is 0 Å². The molecule has 0 aliphatic carbocycles. The Morgan fingerprint density at radius 1 is 1.09 bits per heavy atom. The first-order valence-corrected chi connectivity index (χ1v) is 8.01. The van der Waals surface area contributed by atoms with Gasteiger partial charge in [0.25, 0.3) is 0 Å². The normalized spacial score (nSPS) is 11.3. The molecule has 3 rings (SSSR count). The molecule has 0 spiro atoms. The predicted molar refractivity (Wildman–Crippen MR) is 97.3 cm³/mol. The molecule has 2 aromatic carbocycles. The SMILES string of the molecule is S=c1[nH]nc(-c2cccc(Cl)c2)n1/N=C/c1ccc(Cl)c(Cl)c1. The van der Waals surface area contributed by atoms with E-state index in [9.17, 15) is 0 Å². The maximum absolute atomic E-state index is 6.02. The molecule has 8 heteroatoms. The van der Waals surface area contributed by atoms with Crippen molar-refractivity contribution in [1.29, 1.82) is 0 Å². The van der Waals surface area contributed by atoms with Gasteiger partial charge in [0.15, 0.2) is 5.82 Å². The summed E-state index contributed by atoms with van der Waals surface area (Å²) in [5.41, 5.74) is 1.59. The summed E-state index contributed by atoms with van der Waals surface area (Å²) in [6.07, 6.45) is 1.63. The fourth-order valence-electron chi connectivity index (χ4n) is 1.93. The monoisotopic (exact) mass is 382 g/mol. The van der Waals surface area contributed by atoms with Crippen LogP contribution in [0.2, 0.25) is 15.1 Å². The van der Waals surface area contributed by atoms with Crippen molar-refractivity contribution in [2.45, 2.75) is 0 Å². The molecule has 1 aromatic heterocycles. The molecule has 0 saturated heterocycles. The Balaban J connectivity index is 2.00. The first-order valence-electron chi connectivity index (χ1n) is 6.47. The maximum atomic E-state index is 6.02. The second-order valence-electron chi connectivity index (χ2n) is 4.59. The molecule has 4 nitrogen and oxygen atoms in total. The first kappa shape index (κ1) is 16.2. The lowest BCUT2D eigenvalue weighted by molar-refractivity contribution is 0.871. The standard InChI is InChI=1S/C15H9Cl3N4S/c16-11-3-1-2-10(7-11)14-20-21-15(23)22(14)19-8-9-4-5-12(17)13(18)6-9/h1-8H,(H,21,23)/b19-8+. The minimum absolute atomic E-state index is 0.372. The van der Waals surface area contributed by atoms with Crippen LogP contribution >= 0.6 is 47.0 Å². The number of halogens is 3. The number of nitrogens with one attached hydrogen (secondary N) is 1. The Morgan fingerprint density at radius 3 is 2.65 bits per heavy atom. The van der Waals surface area contributed by atoms with Crippen LogP contribution in [0.25, 0.3) is 11.4 Å². The van der Waals surface area contributed by atoms with Crippen molar-refractivity contribution in [3.63, 3.8) is 0 Å². The quantitative estimate of drug-likeness (QED) is 0.483. The van der Waals surface area contributed by atoms with E-state index in [4.69, 9.17) is 47.0 Å². The lowest BCUT2D eigenvalue weighted by atomic mass is 10.2. The van der Waals surface area contributed by atoms with Gasteiger partial charge in [-0.1, -0.05) is 53.0 Å². The van der Waals surface area contributed by atoms with E-state index in [0.29, 0.717) is 25.7 Å². The summed E-state index contributed by atoms with van der Waals surface area (Å²) < 4.78 is 1.89. The number of hydrogen-bond donors (Lipinski definition) is 1. The fraction of sp³-hybridized carbons (Fsp3) is 0. The van der Waals surface area contributed by atoms with Gasteiger partial charge < -0.3 is 0 Å². The van der Waals surface area contributed by atoms with Gasteiger partial charge in [0.2, 0.25) is 4.77 Å². The fourth-order valence-corrected chi connectivity index (χ4v) is 2.61. The largest absolute Gasteiger partial charge is 0.250 e. The highest BCUT2D eigenvalue weighted by molar-refractivity contribution is 7.71. The van der Waals surface area contributed by atoms with E-state index in [1.54, 1.807) is 36.5 Å². The Kier molecular flexibility index (Phi) is 4.82. The van der Waals surface area contributed by atoms with E-state index in [1.165, 1.54) is 4.68 Å². The van der Waals surface area contributed by atoms with E-state index in [2.05, 4.69) is 15.3 Å². The van der Waals surface area contributed by atoms with Crippen molar-refractivity contribution in [3.8, 4) is 11.4 Å². The van der Waals surface area contributed by atoms with Crippen molar-refractivity contribution in [2.75, 3.05) is 0 Å². The molecule has 0 atom stereocenters. The van der Waals surface area contributed by atoms with Gasteiger partial charge in [-0.05, 0) is 42.0 Å². The van der Waals surface area contributed by atoms with Crippen molar-refractivity contribution < 1.29 is 0 Å². The molecule has 0 unspecified atom stereocenters. The predicted octanol–water partition coefficient (Wildman–Crippen LogP) is 5.45. The van der Waals surface area contributed by atoms with Crippen molar-refractivity contribution in [1.82, 2.24) is 14.9 Å². The number of aromatic amines is 1. The zero-order valence-corrected chi connectivity index (χ0v) is 14.6. The Hall–Kier alpha value is -1.66. The van der Waals surface area contributed by atoms with Crippen LogP contribution in [-0.2, 0) is 0 Å². The summed E-state index contributed by atoms with van der Waals surface area (Å²) in [6.45, 7) is 0. The summed E-state index contributed by atoms with van der Waals surface area (Å²) >= 11 is 23.1. The molecule has 0 fully saturated rings. The van der Waals surface area contributed by atoms with Gasteiger partial charge in [0, 0.05) is 10.6 Å². The molecule has 0 aliphatic rings. The van der Waals surface area contributed by atoms with E-state index in [1.807, 2.05) is 12.1 Å². The molecular formula is C15H9Cl3N4S. The van der Waals surface area contributed by atoms with Crippen LogP contribution in [0.4, 0.5) is 0 Å². The zero-order chi connectivity index (χ0) is 16.4. The zero-order valence-electron chi connectivity index (χ0n) is 11.5. The number of hydrogen-bond acceptors (Lipinski definition) is 3. The number of nitrogens with zero attached hydrogens (tertiary/aromatic N) is 3. The number of aromatic nitrogens is 3. The smallest absolute Gasteiger partial charge is 0.216 e. The van der Waals surface area contributed by atoms with Crippen molar-refractivity contribution in [3.05, 3.63) is 67.9 Å². The van der Waals surface area contributed by atoms with Crippen LogP contribution in [-0.4, -0.2) is 21.1 Å². The second kappa shape index (κ2) is 6.84. The molecule has 0 aliphatic heterocycles. The number of rotatable bonds is 3. The van der Waals surface area contributed by atoms with E-state index >= 15 is 0 Å². The molecule has 0 saturated carbocycles. The lowest BCUT2D eigenvalue weighted by Crippen LogP contribution is -1.95. The molecule has 3 aromatic rings. The molecule has 0 bridgehead atoms. The summed E-state index contributed by atoms with van der Waals surface area (Å²) in [7, 11) is 0. The lowest BCUT2D eigenvalue weighted by Gasteiger charge is -2.02. The van der Waals surface area contributed by atoms with Gasteiger partial charge in [-0.3, -0.25) is 0 Å². The second-order valence-corrected chi connectivity index (χ2v) is 6.23. The molecule has 1 N–H and O–H groups in total. The van der Waals surface area contributed by atoms with Gasteiger partial charge >= 0.3 is 0 Å². The summed E-state index contributed by atoms with van der Waals surface area (Å²) in [6, 6.07) is 12.5. The third-order valence-electron chi connectivity index (χ3n) is 3.00. The topological polar surface area (TPSA) is 46.0 Å². The molecule has 0 radical (unpaired) electrons. The average Bonchev–Trinajstić information content (AvgIpc) is 2.89. The molecule has 0 amide bonds. The van der Waals surface area contributed by atoms with Crippen LogP contribution in [0.1, 0.15) is 5.56 Å². The van der Waals surface area contributed by atoms with Gasteiger partial charge in [-0.2, -0.15) is 14.9 Å². The minimum Gasteiger partial charge on any atom is -0.250 e. The number of benzene rings is 2. The van der Waals surface area contributed by atoms with E-state index < -0.39 is 0 Å². The number of H-pyrrole nitrogens is 1. The maximum Gasteiger partial charge on any atom is 0.216 e. The summed E-state index contributed by atoms with van der Waals surface area (Å²) in [5.74, 6) is 0.564. The third-order valence-corrected chi connectivity index (χ3v) is 4.24. The van der Waals surface area contributed by atoms with Gasteiger partial charge in [-0.15, -0.1) is 0 Å². The summed E-state index contributed by atoms with van der Waals surface area (Å²) in [4.78, 5) is 0. The van der Waals surface area contributed by atoms with Gasteiger partial charge in [0.05, 0.1) is 16.3 Å². The third kappa shape index (κ3) is 3.64. The molecular weight excluding hydrogens is 375 g/mol. The average molecular weight is 384 g/mol. The Labute approximate surface area is 152 Å². The summed E-state index contributed by atoms with van der Waals surface area (Å²) in [5, 5.41) is 12.8. The Bertz CT molecular complexity index is 946. The molecule has 1 heterocycles. The van der Waals surface area contributed by atoms with E-state index in [0.717, 1.165) is 11.1 Å². The van der Waals surface area contributed by atoms with Crippen LogP contribution < -0.4 is 0 Å². The first-order chi connectivity index (χ1) is 11.0. The van der Waals surface area contributed by atoms with Crippen molar-refractivity contribution >= 4 is 53.2 Å². The highest BCUT2D eigenvalue weighted by atomic mass is 35.5. The minimum atomic E-state index is 0.372. The van der Waals surface area contributed by atoms with Crippen LogP contribution in [0.3, 0.4) is 0 Å². The van der Waals surface area contributed by atoms with Gasteiger partial charge in [-0.25, -0.2) is 5.10 Å². The van der Waals surface area contributed by atoms with Crippen LogP contribution in [0.5, 0.6) is 0 Å².